The molecule has 0 aliphatic carbocycles. The lowest BCUT2D eigenvalue weighted by Gasteiger charge is -2.21. The fraction of sp³-hybridized carbons (Fsp3) is 0.467. The molecule has 2 aromatic rings. The van der Waals surface area contributed by atoms with Gasteiger partial charge in [0.25, 0.3) is 5.91 Å². The van der Waals surface area contributed by atoms with Crippen LogP contribution in [0.4, 0.5) is 0 Å². The van der Waals surface area contributed by atoms with Gasteiger partial charge in [-0.25, -0.2) is 4.98 Å². The highest BCUT2D eigenvalue weighted by Gasteiger charge is 2.37. The molecule has 0 bridgehead atoms. The Morgan fingerprint density at radius 1 is 1.45 bits per heavy atom. The van der Waals surface area contributed by atoms with Gasteiger partial charge in [-0.1, -0.05) is 0 Å². The average molecular weight is 301 g/mol. The molecular formula is C15H19N5O2. The normalized spacial score (nSPS) is 21.0. The van der Waals surface area contributed by atoms with Crippen molar-refractivity contribution in [1.82, 2.24) is 25.5 Å². The molecule has 0 aromatic carbocycles. The maximum Gasteiger partial charge on any atom is 0.251 e. The Morgan fingerprint density at radius 2 is 2.27 bits per heavy atom. The highest BCUT2D eigenvalue weighted by atomic mass is 16.5. The molecule has 1 aliphatic rings. The van der Waals surface area contributed by atoms with Crippen molar-refractivity contribution in [1.29, 1.82) is 0 Å². The van der Waals surface area contributed by atoms with Crippen molar-refractivity contribution in [2.45, 2.75) is 31.8 Å². The van der Waals surface area contributed by atoms with Crippen LogP contribution in [0.15, 0.2) is 24.5 Å². The van der Waals surface area contributed by atoms with Gasteiger partial charge in [0.1, 0.15) is 11.4 Å². The van der Waals surface area contributed by atoms with Gasteiger partial charge in [-0.05, 0) is 31.9 Å². The number of nitrogens with one attached hydrogen (secondary N) is 2. The topological polar surface area (TPSA) is 92.8 Å². The average Bonchev–Trinajstić information content (AvgIpc) is 3.18. The van der Waals surface area contributed by atoms with Crippen molar-refractivity contribution in [2.75, 3.05) is 13.2 Å². The van der Waals surface area contributed by atoms with Gasteiger partial charge in [-0.2, -0.15) is 5.10 Å². The SMILES string of the molecule is CC1(C(=O)NCCc2nc(-c3ccncc3)n[nH]2)CCCO1. The zero-order valence-corrected chi connectivity index (χ0v) is 12.5. The van der Waals surface area contributed by atoms with Crippen LogP contribution >= 0.6 is 0 Å². The Balaban J connectivity index is 1.52. The molecule has 116 valence electrons. The quantitative estimate of drug-likeness (QED) is 0.862. The third-order valence-corrected chi connectivity index (χ3v) is 3.82. The molecule has 1 fully saturated rings. The molecule has 1 amide bonds. The Kier molecular flexibility index (Phi) is 4.15. The molecule has 0 saturated carbocycles. The number of pyridine rings is 1. The van der Waals surface area contributed by atoms with E-state index in [0.717, 1.165) is 24.2 Å². The maximum absolute atomic E-state index is 12.1. The van der Waals surface area contributed by atoms with E-state index in [1.165, 1.54) is 0 Å². The number of aromatic nitrogens is 4. The minimum Gasteiger partial charge on any atom is -0.365 e. The van der Waals surface area contributed by atoms with Crippen molar-refractivity contribution in [3.63, 3.8) is 0 Å². The molecule has 1 atom stereocenters. The van der Waals surface area contributed by atoms with Crippen LogP contribution in [0.25, 0.3) is 11.4 Å². The molecule has 3 heterocycles. The van der Waals surface area contributed by atoms with Crippen LogP contribution in [0.1, 0.15) is 25.6 Å². The molecule has 22 heavy (non-hydrogen) atoms. The number of carbonyl (C=O) groups excluding carboxylic acids is 1. The monoisotopic (exact) mass is 301 g/mol. The van der Waals surface area contributed by atoms with Crippen LogP contribution in [0, 0.1) is 0 Å². The number of hydrogen-bond donors (Lipinski definition) is 2. The summed E-state index contributed by atoms with van der Waals surface area (Å²) in [5, 5.41) is 9.97. The number of aromatic amines is 1. The van der Waals surface area contributed by atoms with Gasteiger partial charge < -0.3 is 10.1 Å². The molecule has 1 aliphatic heterocycles. The summed E-state index contributed by atoms with van der Waals surface area (Å²) in [5.41, 5.74) is 0.234. The fourth-order valence-electron chi connectivity index (χ4n) is 2.48. The van der Waals surface area contributed by atoms with Gasteiger partial charge in [-0.15, -0.1) is 0 Å². The molecule has 2 aromatic heterocycles. The van der Waals surface area contributed by atoms with Crippen molar-refractivity contribution < 1.29 is 9.53 Å². The molecule has 1 saturated heterocycles. The predicted octanol–water partition coefficient (Wildman–Crippen LogP) is 1.09. The molecule has 3 rings (SSSR count). The third-order valence-electron chi connectivity index (χ3n) is 3.82. The summed E-state index contributed by atoms with van der Waals surface area (Å²) >= 11 is 0. The lowest BCUT2D eigenvalue weighted by Crippen LogP contribution is -2.44. The van der Waals surface area contributed by atoms with Gasteiger partial charge in [0.15, 0.2) is 5.82 Å². The summed E-state index contributed by atoms with van der Waals surface area (Å²) < 4.78 is 5.51. The van der Waals surface area contributed by atoms with E-state index >= 15 is 0 Å². The molecular weight excluding hydrogens is 282 g/mol. The second-order valence-electron chi connectivity index (χ2n) is 5.53. The van der Waals surface area contributed by atoms with Crippen LogP contribution in [-0.4, -0.2) is 44.8 Å². The first kappa shape index (κ1) is 14.6. The molecule has 0 spiro atoms. The summed E-state index contributed by atoms with van der Waals surface area (Å²) in [6.45, 7) is 3.00. The Labute approximate surface area is 128 Å². The Bertz CT molecular complexity index is 634. The largest absolute Gasteiger partial charge is 0.365 e. The van der Waals surface area contributed by atoms with Crippen LogP contribution in [0.5, 0.6) is 0 Å². The zero-order chi connectivity index (χ0) is 15.4. The summed E-state index contributed by atoms with van der Waals surface area (Å²) in [4.78, 5) is 20.5. The van der Waals surface area contributed by atoms with Crippen molar-refractivity contribution in [2.24, 2.45) is 0 Å². The lowest BCUT2D eigenvalue weighted by atomic mass is 10.0. The van der Waals surface area contributed by atoms with Gasteiger partial charge in [-0.3, -0.25) is 14.9 Å². The second kappa shape index (κ2) is 6.23. The van der Waals surface area contributed by atoms with Gasteiger partial charge in [0.05, 0.1) is 0 Å². The van der Waals surface area contributed by atoms with Crippen LogP contribution in [0.2, 0.25) is 0 Å². The molecule has 7 heteroatoms. The highest BCUT2D eigenvalue weighted by Crippen LogP contribution is 2.24. The van der Waals surface area contributed by atoms with E-state index in [-0.39, 0.29) is 5.91 Å². The van der Waals surface area contributed by atoms with E-state index in [0.29, 0.717) is 25.4 Å². The molecule has 7 nitrogen and oxygen atoms in total. The standard InChI is InChI=1S/C15H19N5O2/c1-15(6-2-10-22-15)14(21)17-9-5-12-18-13(20-19-12)11-3-7-16-8-4-11/h3-4,7-8H,2,5-6,9-10H2,1H3,(H,17,21)(H,18,19,20). The van der Waals surface area contributed by atoms with Gasteiger partial charge in [0, 0.05) is 37.5 Å². The van der Waals surface area contributed by atoms with E-state index in [4.69, 9.17) is 4.74 Å². The van der Waals surface area contributed by atoms with E-state index < -0.39 is 5.60 Å². The summed E-state index contributed by atoms with van der Waals surface area (Å²) in [6, 6.07) is 3.71. The Morgan fingerprint density at radius 3 is 3.00 bits per heavy atom. The van der Waals surface area contributed by atoms with Crippen molar-refractivity contribution in [3.8, 4) is 11.4 Å². The molecule has 2 N–H and O–H groups in total. The minimum atomic E-state index is -0.677. The highest BCUT2D eigenvalue weighted by molar-refractivity contribution is 5.84. The number of ether oxygens (including phenoxy) is 1. The first-order valence-corrected chi connectivity index (χ1v) is 7.41. The first-order valence-electron chi connectivity index (χ1n) is 7.41. The van der Waals surface area contributed by atoms with E-state index in [9.17, 15) is 4.79 Å². The second-order valence-corrected chi connectivity index (χ2v) is 5.53. The lowest BCUT2D eigenvalue weighted by molar-refractivity contribution is -0.139. The van der Waals surface area contributed by atoms with E-state index in [2.05, 4.69) is 25.5 Å². The fourth-order valence-corrected chi connectivity index (χ4v) is 2.48. The van der Waals surface area contributed by atoms with Crippen molar-refractivity contribution in [3.05, 3.63) is 30.4 Å². The number of amides is 1. The zero-order valence-electron chi connectivity index (χ0n) is 12.5. The van der Waals surface area contributed by atoms with Crippen molar-refractivity contribution >= 4 is 5.91 Å². The van der Waals surface area contributed by atoms with E-state index in [1.54, 1.807) is 12.4 Å². The first-order chi connectivity index (χ1) is 10.7. The van der Waals surface area contributed by atoms with Crippen LogP contribution in [-0.2, 0) is 16.0 Å². The van der Waals surface area contributed by atoms with Crippen LogP contribution < -0.4 is 5.32 Å². The Hall–Kier alpha value is -2.28. The number of carbonyl (C=O) groups is 1. The number of H-pyrrole nitrogens is 1. The predicted molar refractivity (Wildman–Crippen MR) is 79.9 cm³/mol. The summed E-state index contributed by atoms with van der Waals surface area (Å²) in [7, 11) is 0. The minimum absolute atomic E-state index is 0.0566. The van der Waals surface area contributed by atoms with E-state index in [1.807, 2.05) is 19.1 Å². The smallest absolute Gasteiger partial charge is 0.251 e. The summed E-state index contributed by atoms with van der Waals surface area (Å²) in [5.74, 6) is 1.32. The van der Waals surface area contributed by atoms with Crippen LogP contribution in [0.3, 0.4) is 0 Å². The summed E-state index contributed by atoms with van der Waals surface area (Å²) in [6.07, 6.45) is 5.70. The number of rotatable bonds is 5. The molecule has 1 unspecified atom stereocenters. The number of nitrogens with zero attached hydrogens (tertiary/aromatic N) is 3. The number of hydrogen-bond acceptors (Lipinski definition) is 5. The molecule has 0 radical (unpaired) electrons. The third kappa shape index (κ3) is 3.14. The van der Waals surface area contributed by atoms with Gasteiger partial charge >= 0.3 is 0 Å². The van der Waals surface area contributed by atoms with Gasteiger partial charge in [0.2, 0.25) is 0 Å². The maximum atomic E-state index is 12.1.